The maximum Gasteiger partial charge on any atom is 0.312 e. The molecule has 4 nitrogen and oxygen atoms in total. The van der Waals surface area contributed by atoms with E-state index in [0.717, 1.165) is 32.1 Å². The predicted molar refractivity (Wildman–Crippen MR) is 117 cm³/mol. The van der Waals surface area contributed by atoms with Gasteiger partial charge in [0.25, 0.3) is 0 Å². The van der Waals surface area contributed by atoms with E-state index in [9.17, 15) is 9.59 Å². The number of carbonyl (C=O) groups is 2. The van der Waals surface area contributed by atoms with Gasteiger partial charge in [-0.15, -0.1) is 0 Å². The van der Waals surface area contributed by atoms with Gasteiger partial charge < -0.3 is 9.64 Å². The Morgan fingerprint density at radius 2 is 1.80 bits per heavy atom. The molecule has 30 heavy (non-hydrogen) atoms. The molecule has 0 spiro atoms. The van der Waals surface area contributed by atoms with E-state index >= 15 is 0 Å². The molecule has 1 aromatic rings. The van der Waals surface area contributed by atoms with Crippen molar-refractivity contribution >= 4 is 17.4 Å². The van der Waals surface area contributed by atoms with Crippen LogP contribution in [-0.4, -0.2) is 32.5 Å². The van der Waals surface area contributed by atoms with Crippen molar-refractivity contribution in [2.24, 2.45) is 17.3 Å². The van der Waals surface area contributed by atoms with Crippen LogP contribution in [0.25, 0.3) is 0 Å². The van der Waals surface area contributed by atoms with Crippen molar-refractivity contribution in [1.29, 1.82) is 0 Å². The number of anilines is 1. The summed E-state index contributed by atoms with van der Waals surface area (Å²) in [6.07, 6.45) is 7.13. The Hall–Kier alpha value is -2.36. The van der Waals surface area contributed by atoms with Crippen LogP contribution in [0.5, 0.6) is 0 Å². The topological polar surface area (TPSA) is 46.6 Å². The highest BCUT2D eigenvalue weighted by molar-refractivity contribution is 5.93. The van der Waals surface area contributed by atoms with E-state index < -0.39 is 5.41 Å². The van der Waals surface area contributed by atoms with Gasteiger partial charge in [0.2, 0.25) is 0 Å². The Morgan fingerprint density at radius 3 is 2.53 bits per heavy atom. The Morgan fingerprint density at radius 1 is 1.03 bits per heavy atom. The number of hydrogen-bond acceptors (Lipinski definition) is 4. The number of allylic oxidation sites excluding steroid dienone is 4. The van der Waals surface area contributed by atoms with Crippen LogP contribution in [0.15, 0.2) is 47.1 Å². The molecule has 2 fully saturated rings. The van der Waals surface area contributed by atoms with Crippen LogP contribution in [0.1, 0.15) is 56.9 Å². The Balaban J connectivity index is 1.65. The van der Waals surface area contributed by atoms with E-state index in [4.69, 9.17) is 4.74 Å². The number of carbonyl (C=O) groups excluding carboxylic acids is 2. The highest BCUT2D eigenvalue weighted by Gasteiger charge is 2.56. The number of hydrogen-bond donors (Lipinski definition) is 0. The summed E-state index contributed by atoms with van der Waals surface area (Å²) in [5.41, 5.74) is 6.24. The molecule has 1 heterocycles. The monoisotopic (exact) mass is 405 g/mol. The highest BCUT2D eigenvalue weighted by atomic mass is 16.5. The summed E-state index contributed by atoms with van der Waals surface area (Å²) in [6.45, 7) is 2.68. The molecular formula is C26H31NO3. The minimum Gasteiger partial charge on any atom is -0.465 e. The molecule has 4 aliphatic rings. The fourth-order valence-electron chi connectivity index (χ4n) is 6.52. The van der Waals surface area contributed by atoms with Gasteiger partial charge in [0, 0.05) is 32.1 Å². The van der Waals surface area contributed by atoms with Crippen LogP contribution in [0.3, 0.4) is 0 Å². The molecule has 0 radical (unpaired) electrons. The zero-order chi connectivity index (χ0) is 21.0. The second kappa shape index (κ2) is 7.11. The van der Waals surface area contributed by atoms with Gasteiger partial charge in [0.05, 0.1) is 12.0 Å². The van der Waals surface area contributed by atoms with Crippen molar-refractivity contribution in [3.8, 4) is 0 Å². The van der Waals surface area contributed by atoms with Gasteiger partial charge in [-0.1, -0.05) is 17.7 Å². The average molecular weight is 406 g/mol. The summed E-state index contributed by atoms with van der Waals surface area (Å²) >= 11 is 0. The molecule has 0 N–H and O–H groups in total. The maximum atomic E-state index is 13.0. The van der Waals surface area contributed by atoms with Gasteiger partial charge in [-0.05, 0) is 85.8 Å². The van der Waals surface area contributed by atoms with Crippen LogP contribution in [-0.2, 0) is 14.3 Å². The van der Waals surface area contributed by atoms with Crippen molar-refractivity contribution < 1.29 is 14.3 Å². The molecule has 0 amide bonds. The second-order valence-electron chi connectivity index (χ2n) is 9.91. The van der Waals surface area contributed by atoms with Crippen molar-refractivity contribution in [3.63, 3.8) is 0 Å². The molecule has 1 aromatic carbocycles. The molecule has 0 unspecified atom stereocenters. The third-order valence-corrected chi connectivity index (χ3v) is 8.06. The van der Waals surface area contributed by atoms with Crippen molar-refractivity contribution in [2.45, 2.75) is 51.4 Å². The molecule has 0 bridgehead atoms. The Kier molecular flexibility index (Phi) is 4.64. The summed E-state index contributed by atoms with van der Waals surface area (Å²) in [5, 5.41) is 0. The summed E-state index contributed by atoms with van der Waals surface area (Å²) < 4.78 is 5.57. The fraction of sp³-hybridized carbons (Fsp3) is 0.538. The van der Waals surface area contributed by atoms with Crippen LogP contribution >= 0.6 is 0 Å². The zero-order valence-electron chi connectivity index (χ0n) is 18.2. The second-order valence-corrected chi connectivity index (χ2v) is 9.91. The lowest BCUT2D eigenvalue weighted by molar-refractivity contribution is -0.172. The third kappa shape index (κ3) is 2.95. The average Bonchev–Trinajstić information content (AvgIpc) is 2.73. The smallest absolute Gasteiger partial charge is 0.312 e. The first-order chi connectivity index (χ1) is 14.4. The minimum atomic E-state index is -0.427. The summed E-state index contributed by atoms with van der Waals surface area (Å²) in [4.78, 5) is 27.2. The number of fused-ring (bicyclic) bond motifs is 4. The largest absolute Gasteiger partial charge is 0.465 e. The molecule has 0 aromatic heterocycles. The van der Waals surface area contributed by atoms with Crippen LogP contribution in [0.4, 0.5) is 5.69 Å². The standard InChI is InChI=1S/C26H31NO3/c1-26-15-22(16-4-7-18(8-5-16)27(2)3)24-20-11-9-19(28)14-17(20)6-10-21(24)23(26)12-13-30-25(26)29/h4-5,7-8,14,21-23H,6,9-13,15H2,1-3H3/t21-,22-,23-,26-/m0/s1. The van der Waals surface area contributed by atoms with E-state index in [0.29, 0.717) is 24.9 Å². The lowest BCUT2D eigenvalue weighted by Crippen LogP contribution is -2.51. The zero-order valence-corrected chi connectivity index (χ0v) is 18.2. The van der Waals surface area contributed by atoms with Gasteiger partial charge in [-0.25, -0.2) is 0 Å². The molecule has 158 valence electrons. The SMILES string of the molecule is CN(C)c1ccc([C@@H]2C[C@]3(C)C(=O)OCC[C@H]3[C@@H]3CCC4=CC(=O)CCC4=C23)cc1. The van der Waals surface area contributed by atoms with E-state index in [1.165, 1.54) is 28.0 Å². The normalized spacial score (nSPS) is 33.2. The number of ketones is 1. The molecule has 5 rings (SSSR count). The van der Waals surface area contributed by atoms with Gasteiger partial charge >= 0.3 is 5.97 Å². The molecule has 1 aliphatic heterocycles. The summed E-state index contributed by atoms with van der Waals surface area (Å²) in [6, 6.07) is 8.81. The van der Waals surface area contributed by atoms with Crippen LogP contribution < -0.4 is 4.90 Å². The highest BCUT2D eigenvalue weighted by Crippen LogP contribution is 2.60. The van der Waals surface area contributed by atoms with Crippen molar-refractivity contribution in [1.82, 2.24) is 0 Å². The first-order valence-electron chi connectivity index (χ1n) is 11.3. The summed E-state index contributed by atoms with van der Waals surface area (Å²) in [5.74, 6) is 1.22. The first kappa shape index (κ1) is 19.6. The lowest BCUT2D eigenvalue weighted by Gasteiger charge is -2.53. The van der Waals surface area contributed by atoms with Gasteiger partial charge in [-0.2, -0.15) is 0 Å². The molecule has 4 atom stereocenters. The molecule has 4 heteroatoms. The van der Waals surface area contributed by atoms with Crippen LogP contribution in [0, 0.1) is 17.3 Å². The molecule has 3 aliphatic carbocycles. The van der Waals surface area contributed by atoms with E-state index in [1.54, 1.807) is 0 Å². The lowest BCUT2D eigenvalue weighted by atomic mass is 9.51. The van der Waals surface area contributed by atoms with E-state index in [1.807, 2.05) is 6.08 Å². The van der Waals surface area contributed by atoms with Crippen molar-refractivity contribution in [2.75, 3.05) is 25.6 Å². The molecule has 1 saturated heterocycles. The molecule has 1 saturated carbocycles. The van der Waals surface area contributed by atoms with Crippen molar-refractivity contribution in [3.05, 3.63) is 52.6 Å². The van der Waals surface area contributed by atoms with E-state index in [2.05, 4.69) is 50.2 Å². The minimum absolute atomic E-state index is 0.0159. The number of benzene rings is 1. The third-order valence-electron chi connectivity index (χ3n) is 8.06. The first-order valence-corrected chi connectivity index (χ1v) is 11.3. The Labute approximate surface area is 179 Å². The number of nitrogens with zero attached hydrogens (tertiary/aromatic N) is 1. The number of rotatable bonds is 2. The van der Waals surface area contributed by atoms with Crippen LogP contribution in [0.2, 0.25) is 0 Å². The van der Waals surface area contributed by atoms with Gasteiger partial charge in [0.1, 0.15) is 0 Å². The number of cyclic esters (lactones) is 1. The molecular weight excluding hydrogens is 374 g/mol. The number of esters is 1. The van der Waals surface area contributed by atoms with E-state index in [-0.39, 0.29) is 17.7 Å². The fourth-order valence-corrected chi connectivity index (χ4v) is 6.52. The van der Waals surface area contributed by atoms with Gasteiger partial charge in [-0.3, -0.25) is 9.59 Å². The number of ether oxygens (including phenoxy) is 1. The summed E-state index contributed by atoms with van der Waals surface area (Å²) in [7, 11) is 4.11. The maximum absolute atomic E-state index is 13.0. The Bertz CT molecular complexity index is 955. The predicted octanol–water partition coefficient (Wildman–Crippen LogP) is 4.81. The quantitative estimate of drug-likeness (QED) is 0.663. The van der Waals surface area contributed by atoms with Gasteiger partial charge in [0.15, 0.2) is 5.78 Å².